The maximum atomic E-state index is 13.3. The average Bonchev–Trinajstić information content (AvgIpc) is 2.91. The molecule has 1 unspecified atom stereocenters. The average molecular weight is 557 g/mol. The van der Waals surface area contributed by atoms with E-state index in [1.54, 1.807) is 13.0 Å². The first-order valence-electron chi connectivity index (χ1n) is 13.3. The third kappa shape index (κ3) is 7.45. The molecule has 0 bridgehead atoms. The van der Waals surface area contributed by atoms with Crippen molar-refractivity contribution in [1.29, 1.82) is 0 Å². The molecule has 1 aromatic carbocycles. The van der Waals surface area contributed by atoms with E-state index in [1.165, 1.54) is 23.1 Å². The summed E-state index contributed by atoms with van der Waals surface area (Å²) in [7, 11) is 0. The highest BCUT2D eigenvalue weighted by Gasteiger charge is 2.36. The number of aromatic nitrogens is 1. The number of esters is 1. The highest BCUT2D eigenvalue weighted by molar-refractivity contribution is 5.86. The lowest BCUT2D eigenvalue weighted by molar-refractivity contribution is -0.145. The number of benzene rings is 1. The normalized spacial score (nSPS) is 18.5. The van der Waals surface area contributed by atoms with Gasteiger partial charge in [-0.1, -0.05) is 18.2 Å². The van der Waals surface area contributed by atoms with Crippen molar-refractivity contribution < 1.29 is 38.1 Å². The summed E-state index contributed by atoms with van der Waals surface area (Å²) in [5.74, 6) is -0.949. The maximum Gasteiger partial charge on any atom is 0.413 e. The van der Waals surface area contributed by atoms with Gasteiger partial charge in [-0.2, -0.15) is 0 Å². The van der Waals surface area contributed by atoms with E-state index in [0.29, 0.717) is 37.2 Å². The molecule has 2 heterocycles. The Morgan fingerprint density at radius 2 is 1.98 bits per heavy atom. The number of ether oxygens (including phenoxy) is 2. The molecule has 2 aromatic rings. The Hall–Kier alpha value is -4.22. The van der Waals surface area contributed by atoms with Gasteiger partial charge in [-0.25, -0.2) is 23.8 Å². The van der Waals surface area contributed by atoms with Gasteiger partial charge in [-0.15, -0.1) is 0 Å². The number of hydrogen-bond donors (Lipinski definition) is 3. The number of fused-ring (bicyclic) bond motifs is 1. The molecule has 1 aliphatic heterocycles. The van der Waals surface area contributed by atoms with Crippen molar-refractivity contribution in [2.75, 3.05) is 24.6 Å². The van der Waals surface area contributed by atoms with Crippen LogP contribution in [0.5, 0.6) is 0 Å². The molecule has 40 heavy (non-hydrogen) atoms. The van der Waals surface area contributed by atoms with Gasteiger partial charge in [0.05, 0.1) is 6.61 Å². The number of pyridine rings is 1. The molecule has 1 fully saturated rings. The summed E-state index contributed by atoms with van der Waals surface area (Å²) in [5, 5.41) is 14.6. The van der Waals surface area contributed by atoms with Gasteiger partial charge in [-0.3, -0.25) is 9.69 Å². The lowest BCUT2D eigenvalue weighted by Gasteiger charge is -2.34. The predicted octanol–water partition coefficient (Wildman–Crippen LogP) is 3.19. The van der Waals surface area contributed by atoms with Crippen molar-refractivity contribution >= 4 is 29.9 Å². The number of aryl methyl sites for hydroxylation is 1. The van der Waals surface area contributed by atoms with Gasteiger partial charge in [0.2, 0.25) is 5.91 Å². The van der Waals surface area contributed by atoms with Gasteiger partial charge in [0.15, 0.2) is 0 Å². The monoisotopic (exact) mass is 556 g/mol. The zero-order chi connectivity index (χ0) is 28.6. The van der Waals surface area contributed by atoms with E-state index >= 15 is 0 Å². The first-order chi connectivity index (χ1) is 19.2. The van der Waals surface area contributed by atoms with Crippen LogP contribution in [0, 0.1) is 17.7 Å². The molecule has 4 rings (SSSR count). The number of halogens is 1. The zero-order valence-corrected chi connectivity index (χ0v) is 22.2. The fraction of sp³-hybridized carbons (Fsp3) is 0.464. The van der Waals surface area contributed by atoms with Crippen molar-refractivity contribution in [2.45, 2.75) is 51.7 Å². The maximum absolute atomic E-state index is 13.3. The van der Waals surface area contributed by atoms with E-state index in [0.717, 1.165) is 24.1 Å². The summed E-state index contributed by atoms with van der Waals surface area (Å²) in [6.07, 6.45) is 1.53. The molecule has 0 radical (unpaired) electrons. The Morgan fingerprint density at radius 1 is 1.18 bits per heavy atom. The van der Waals surface area contributed by atoms with Gasteiger partial charge in [0.1, 0.15) is 24.3 Å². The standard InChI is InChI=1S/C28H33FN4O7/c1-2-39-26(35)23(32-27(36)40-16-17-5-3-7-21(29)13-17)15-30-25(34)20-11-18(12-20)14-22-9-8-19-6-4-10-33(28(37)38)24(19)31-22/h3,5,7-9,13,18,20,23H,2,4,6,10-12,14-16H2,1H3,(H,30,34)(H,32,36)(H,37,38). The fourth-order valence-corrected chi connectivity index (χ4v) is 4.93. The van der Waals surface area contributed by atoms with Crippen molar-refractivity contribution in [3.63, 3.8) is 0 Å². The van der Waals surface area contributed by atoms with Crippen LogP contribution in [0.1, 0.15) is 43.0 Å². The number of nitrogens with zero attached hydrogens (tertiary/aromatic N) is 2. The van der Waals surface area contributed by atoms with E-state index in [-0.39, 0.29) is 37.5 Å². The summed E-state index contributed by atoms with van der Waals surface area (Å²) in [6.45, 7) is 1.78. The van der Waals surface area contributed by atoms with E-state index in [4.69, 9.17) is 9.47 Å². The highest BCUT2D eigenvalue weighted by atomic mass is 19.1. The second kappa shape index (κ2) is 13.2. The minimum atomic E-state index is -1.16. The molecule has 1 atom stereocenters. The van der Waals surface area contributed by atoms with Crippen LogP contribution in [-0.4, -0.2) is 59.9 Å². The number of hydrogen-bond acceptors (Lipinski definition) is 7. The summed E-state index contributed by atoms with van der Waals surface area (Å²) >= 11 is 0. The van der Waals surface area contributed by atoms with Gasteiger partial charge < -0.3 is 25.2 Å². The van der Waals surface area contributed by atoms with Crippen LogP contribution in [0.2, 0.25) is 0 Å². The first kappa shape index (κ1) is 28.8. The van der Waals surface area contributed by atoms with Crippen LogP contribution in [0.4, 0.5) is 19.8 Å². The van der Waals surface area contributed by atoms with Crippen LogP contribution < -0.4 is 15.5 Å². The Kier molecular flexibility index (Phi) is 9.52. The summed E-state index contributed by atoms with van der Waals surface area (Å²) in [6, 6.07) is 8.28. The highest BCUT2D eigenvalue weighted by Crippen LogP contribution is 2.36. The summed E-state index contributed by atoms with van der Waals surface area (Å²) in [4.78, 5) is 54.7. The lowest BCUT2D eigenvalue weighted by atomic mass is 9.72. The van der Waals surface area contributed by atoms with Gasteiger partial charge in [-0.05, 0) is 74.3 Å². The van der Waals surface area contributed by atoms with Gasteiger partial charge >= 0.3 is 18.2 Å². The number of anilines is 1. The number of carboxylic acid groups (broad SMARTS) is 1. The van der Waals surface area contributed by atoms with Crippen LogP contribution in [0.3, 0.4) is 0 Å². The van der Waals surface area contributed by atoms with E-state index in [2.05, 4.69) is 15.6 Å². The van der Waals surface area contributed by atoms with Crippen LogP contribution in [-0.2, 0) is 38.5 Å². The van der Waals surface area contributed by atoms with Crippen LogP contribution in [0.25, 0.3) is 0 Å². The number of carbonyl (C=O) groups is 4. The molecule has 11 nitrogen and oxygen atoms in total. The molecule has 3 amide bonds. The molecule has 2 aliphatic rings. The molecule has 1 saturated carbocycles. The summed E-state index contributed by atoms with van der Waals surface area (Å²) in [5.41, 5.74) is 2.16. The number of alkyl carbamates (subject to hydrolysis) is 1. The quantitative estimate of drug-likeness (QED) is 0.378. The van der Waals surface area contributed by atoms with E-state index < -0.39 is 30.0 Å². The Morgan fingerprint density at radius 3 is 2.70 bits per heavy atom. The molecule has 1 aromatic heterocycles. The fourth-order valence-electron chi connectivity index (χ4n) is 4.93. The minimum absolute atomic E-state index is 0.0918. The molecular weight excluding hydrogens is 523 g/mol. The third-order valence-electron chi connectivity index (χ3n) is 7.03. The molecule has 0 spiro atoms. The third-order valence-corrected chi connectivity index (χ3v) is 7.03. The van der Waals surface area contributed by atoms with Crippen molar-refractivity contribution in [3.8, 4) is 0 Å². The molecule has 1 aliphatic carbocycles. The Labute approximate surface area is 231 Å². The second-order valence-electron chi connectivity index (χ2n) is 9.96. The topological polar surface area (TPSA) is 147 Å². The Balaban J connectivity index is 1.24. The molecule has 214 valence electrons. The van der Waals surface area contributed by atoms with E-state index in [9.17, 15) is 28.7 Å². The lowest BCUT2D eigenvalue weighted by Crippen LogP contribution is -2.51. The van der Waals surface area contributed by atoms with Crippen molar-refractivity contribution in [1.82, 2.24) is 15.6 Å². The van der Waals surface area contributed by atoms with Crippen molar-refractivity contribution in [3.05, 3.63) is 59.0 Å². The number of amides is 3. The minimum Gasteiger partial charge on any atom is -0.465 e. The van der Waals surface area contributed by atoms with Gasteiger partial charge in [0.25, 0.3) is 0 Å². The number of nitrogens with one attached hydrogen (secondary N) is 2. The number of carbonyl (C=O) groups excluding carboxylic acids is 3. The SMILES string of the molecule is CCOC(=O)C(CNC(=O)C1CC(Cc2ccc3c(n2)N(C(=O)O)CCC3)C1)NC(=O)OCc1cccc(F)c1. The van der Waals surface area contributed by atoms with E-state index in [1.807, 2.05) is 12.1 Å². The number of rotatable bonds is 10. The van der Waals surface area contributed by atoms with Crippen LogP contribution >= 0.6 is 0 Å². The molecular formula is C28H33FN4O7. The molecule has 0 saturated heterocycles. The van der Waals surface area contributed by atoms with Gasteiger partial charge in [0, 0.05) is 24.7 Å². The predicted molar refractivity (Wildman–Crippen MR) is 141 cm³/mol. The molecule has 3 N–H and O–H groups in total. The largest absolute Gasteiger partial charge is 0.465 e. The Bertz CT molecular complexity index is 1250. The molecule has 12 heteroatoms. The zero-order valence-electron chi connectivity index (χ0n) is 22.2. The smallest absolute Gasteiger partial charge is 0.413 e. The first-order valence-corrected chi connectivity index (χ1v) is 13.3. The summed E-state index contributed by atoms with van der Waals surface area (Å²) < 4.78 is 23.4. The van der Waals surface area contributed by atoms with Crippen LogP contribution in [0.15, 0.2) is 36.4 Å². The second-order valence-corrected chi connectivity index (χ2v) is 9.96. The van der Waals surface area contributed by atoms with Crippen molar-refractivity contribution in [2.24, 2.45) is 11.8 Å².